The number of nitrogens with one attached hydrogen (secondary N) is 1. The van der Waals surface area contributed by atoms with Crippen LogP contribution in [0.15, 0.2) is 15.9 Å². The molecule has 82 valence electrons. The second-order valence-corrected chi connectivity index (χ2v) is 4.49. The molecule has 0 aliphatic carbocycles. The molecule has 0 aliphatic heterocycles. The van der Waals surface area contributed by atoms with Gasteiger partial charge in [-0.2, -0.15) is 0 Å². The summed E-state index contributed by atoms with van der Waals surface area (Å²) in [7, 11) is 0. The first-order chi connectivity index (χ1) is 7.11. The fourth-order valence-corrected chi connectivity index (χ4v) is 2.24. The SMILES string of the molecule is CCOC(=O)CC(=O)Nc1cc(Br)cs1. The summed E-state index contributed by atoms with van der Waals surface area (Å²) in [4.78, 5) is 22.2. The number of rotatable bonds is 4. The molecule has 1 aromatic heterocycles. The zero-order chi connectivity index (χ0) is 11.3. The molecule has 0 unspecified atom stereocenters. The summed E-state index contributed by atoms with van der Waals surface area (Å²) in [5.74, 6) is -0.867. The van der Waals surface area contributed by atoms with Crippen LogP contribution in [-0.2, 0) is 14.3 Å². The number of ether oxygens (including phenoxy) is 1. The predicted octanol–water partition coefficient (Wildman–Crippen LogP) is 2.40. The van der Waals surface area contributed by atoms with E-state index < -0.39 is 5.97 Å². The fraction of sp³-hybridized carbons (Fsp3) is 0.333. The summed E-state index contributed by atoms with van der Waals surface area (Å²) < 4.78 is 5.55. The Balaban J connectivity index is 2.39. The predicted molar refractivity (Wildman–Crippen MR) is 61.9 cm³/mol. The molecule has 0 atom stereocenters. The number of thiophene rings is 1. The first kappa shape index (κ1) is 12.2. The Morgan fingerprint density at radius 1 is 1.60 bits per heavy atom. The van der Waals surface area contributed by atoms with Gasteiger partial charge in [-0.1, -0.05) is 0 Å². The Hall–Kier alpha value is -0.880. The molecule has 0 aromatic carbocycles. The zero-order valence-electron chi connectivity index (χ0n) is 8.08. The maximum atomic E-state index is 11.3. The molecular weight excluding hydrogens is 282 g/mol. The molecule has 6 heteroatoms. The van der Waals surface area contributed by atoms with Crippen LogP contribution in [0.4, 0.5) is 5.00 Å². The van der Waals surface area contributed by atoms with E-state index in [9.17, 15) is 9.59 Å². The van der Waals surface area contributed by atoms with Gasteiger partial charge in [0.15, 0.2) is 0 Å². The van der Waals surface area contributed by atoms with Crippen LogP contribution in [0.1, 0.15) is 13.3 Å². The molecular formula is C9H10BrNO3S. The highest BCUT2D eigenvalue weighted by Gasteiger charge is 2.10. The Labute approximate surface area is 99.8 Å². The highest BCUT2D eigenvalue weighted by molar-refractivity contribution is 9.10. The van der Waals surface area contributed by atoms with Crippen molar-refractivity contribution in [2.45, 2.75) is 13.3 Å². The molecule has 15 heavy (non-hydrogen) atoms. The third kappa shape index (κ3) is 4.44. The molecule has 0 saturated heterocycles. The largest absolute Gasteiger partial charge is 0.466 e. The quantitative estimate of drug-likeness (QED) is 0.685. The van der Waals surface area contributed by atoms with Crippen molar-refractivity contribution in [1.82, 2.24) is 0 Å². The van der Waals surface area contributed by atoms with Crippen LogP contribution in [0, 0.1) is 0 Å². The van der Waals surface area contributed by atoms with Gasteiger partial charge in [-0.25, -0.2) is 0 Å². The monoisotopic (exact) mass is 291 g/mol. The van der Waals surface area contributed by atoms with E-state index in [0.717, 1.165) is 4.47 Å². The second kappa shape index (κ2) is 5.87. The van der Waals surface area contributed by atoms with E-state index in [0.29, 0.717) is 5.00 Å². The summed E-state index contributed by atoms with van der Waals surface area (Å²) >= 11 is 4.65. The topological polar surface area (TPSA) is 55.4 Å². The molecule has 1 N–H and O–H groups in total. The smallest absolute Gasteiger partial charge is 0.315 e. The lowest BCUT2D eigenvalue weighted by molar-refractivity contribution is -0.145. The van der Waals surface area contributed by atoms with Crippen LogP contribution >= 0.6 is 27.3 Å². The van der Waals surface area contributed by atoms with E-state index >= 15 is 0 Å². The summed E-state index contributed by atoms with van der Waals surface area (Å²) in [6, 6.07) is 1.77. The average Bonchev–Trinajstić information content (AvgIpc) is 2.51. The molecule has 1 amide bonds. The van der Waals surface area contributed by atoms with E-state index in [2.05, 4.69) is 26.0 Å². The third-order valence-electron chi connectivity index (χ3n) is 1.44. The van der Waals surface area contributed by atoms with Gasteiger partial charge in [-0.15, -0.1) is 11.3 Å². The van der Waals surface area contributed by atoms with Crippen molar-refractivity contribution in [3.05, 3.63) is 15.9 Å². The maximum absolute atomic E-state index is 11.3. The van der Waals surface area contributed by atoms with Crippen molar-refractivity contribution in [3.63, 3.8) is 0 Å². The van der Waals surface area contributed by atoms with Crippen molar-refractivity contribution < 1.29 is 14.3 Å². The van der Waals surface area contributed by atoms with Crippen molar-refractivity contribution in [2.75, 3.05) is 11.9 Å². The van der Waals surface area contributed by atoms with E-state index in [1.807, 2.05) is 5.38 Å². The van der Waals surface area contributed by atoms with E-state index in [1.54, 1.807) is 13.0 Å². The minimum atomic E-state index is -0.509. The summed E-state index contributed by atoms with van der Waals surface area (Å²) in [6.07, 6.45) is -0.247. The molecule has 0 spiro atoms. The fourth-order valence-electron chi connectivity index (χ4n) is 0.903. The Morgan fingerprint density at radius 2 is 2.33 bits per heavy atom. The second-order valence-electron chi connectivity index (χ2n) is 2.66. The lowest BCUT2D eigenvalue weighted by Crippen LogP contribution is -2.17. The third-order valence-corrected chi connectivity index (χ3v) is 3.05. The van der Waals surface area contributed by atoms with Gasteiger partial charge in [-0.3, -0.25) is 9.59 Å². The Kier molecular flexibility index (Phi) is 4.77. The van der Waals surface area contributed by atoms with Gasteiger partial charge in [0.05, 0.1) is 11.6 Å². The molecule has 0 saturated carbocycles. The highest BCUT2D eigenvalue weighted by atomic mass is 79.9. The number of carbonyl (C=O) groups excluding carboxylic acids is 2. The number of esters is 1. The normalized spacial score (nSPS) is 9.73. The number of halogens is 1. The number of carbonyl (C=O) groups is 2. The molecule has 0 fully saturated rings. The van der Waals surface area contributed by atoms with Crippen LogP contribution in [0.3, 0.4) is 0 Å². The van der Waals surface area contributed by atoms with E-state index in [1.165, 1.54) is 11.3 Å². The molecule has 0 bridgehead atoms. The van der Waals surface area contributed by atoms with Gasteiger partial charge in [0.1, 0.15) is 6.42 Å². The van der Waals surface area contributed by atoms with Crippen LogP contribution < -0.4 is 5.32 Å². The molecule has 1 heterocycles. The molecule has 0 aliphatic rings. The van der Waals surface area contributed by atoms with Crippen LogP contribution in [0.2, 0.25) is 0 Å². The standard InChI is InChI=1S/C9H10BrNO3S/c1-2-14-9(13)4-7(12)11-8-3-6(10)5-15-8/h3,5H,2,4H2,1H3,(H,11,12). The number of hydrogen-bond acceptors (Lipinski definition) is 4. The first-order valence-corrected chi connectivity index (χ1v) is 5.98. The van der Waals surface area contributed by atoms with Crippen molar-refractivity contribution >= 4 is 44.1 Å². The number of amides is 1. The first-order valence-electron chi connectivity index (χ1n) is 4.31. The van der Waals surface area contributed by atoms with Gasteiger partial charge in [0.25, 0.3) is 0 Å². The van der Waals surface area contributed by atoms with E-state index in [-0.39, 0.29) is 18.9 Å². The lowest BCUT2D eigenvalue weighted by Gasteiger charge is -2.01. The van der Waals surface area contributed by atoms with Gasteiger partial charge < -0.3 is 10.1 Å². The van der Waals surface area contributed by atoms with Gasteiger partial charge >= 0.3 is 5.97 Å². The molecule has 0 radical (unpaired) electrons. The molecule has 4 nitrogen and oxygen atoms in total. The van der Waals surface area contributed by atoms with Crippen LogP contribution in [0.25, 0.3) is 0 Å². The van der Waals surface area contributed by atoms with Crippen molar-refractivity contribution in [3.8, 4) is 0 Å². The van der Waals surface area contributed by atoms with Gasteiger partial charge in [-0.05, 0) is 28.9 Å². The Bertz CT molecular complexity index is 364. The maximum Gasteiger partial charge on any atom is 0.315 e. The van der Waals surface area contributed by atoms with E-state index in [4.69, 9.17) is 0 Å². The van der Waals surface area contributed by atoms with Crippen LogP contribution in [0.5, 0.6) is 0 Å². The van der Waals surface area contributed by atoms with Crippen LogP contribution in [-0.4, -0.2) is 18.5 Å². The summed E-state index contributed by atoms with van der Waals surface area (Å²) in [5, 5.41) is 5.15. The number of hydrogen-bond donors (Lipinski definition) is 1. The average molecular weight is 292 g/mol. The summed E-state index contributed by atoms with van der Waals surface area (Å²) in [6.45, 7) is 1.99. The van der Waals surface area contributed by atoms with Crippen molar-refractivity contribution in [1.29, 1.82) is 0 Å². The van der Waals surface area contributed by atoms with Gasteiger partial charge in [0, 0.05) is 9.85 Å². The zero-order valence-corrected chi connectivity index (χ0v) is 10.5. The minimum Gasteiger partial charge on any atom is -0.466 e. The number of anilines is 1. The van der Waals surface area contributed by atoms with Gasteiger partial charge in [0.2, 0.25) is 5.91 Å². The molecule has 1 aromatic rings. The summed E-state index contributed by atoms with van der Waals surface area (Å²) in [5.41, 5.74) is 0. The lowest BCUT2D eigenvalue weighted by atomic mass is 10.4. The minimum absolute atomic E-state index is 0.247. The molecule has 1 rings (SSSR count). The van der Waals surface area contributed by atoms with Crippen molar-refractivity contribution in [2.24, 2.45) is 0 Å². The Morgan fingerprint density at radius 3 is 2.87 bits per heavy atom. The highest BCUT2D eigenvalue weighted by Crippen LogP contribution is 2.24.